The van der Waals surface area contributed by atoms with E-state index < -0.39 is 0 Å². The molecule has 0 aliphatic carbocycles. The Kier molecular flexibility index (Phi) is 5.12. The van der Waals surface area contributed by atoms with Gasteiger partial charge in [0.1, 0.15) is 12.4 Å². The highest BCUT2D eigenvalue weighted by molar-refractivity contribution is 5.82. The van der Waals surface area contributed by atoms with E-state index in [1.807, 2.05) is 6.92 Å². The molecule has 0 aliphatic heterocycles. The molecule has 0 spiro atoms. The van der Waals surface area contributed by atoms with Crippen molar-refractivity contribution in [2.24, 2.45) is 0 Å². The number of hydrogen-bond donors (Lipinski definition) is 0. The van der Waals surface area contributed by atoms with Gasteiger partial charge < -0.3 is 4.74 Å². The average molecular weight is 224 g/mol. The third-order valence-electron chi connectivity index (χ3n) is 2.30. The van der Waals surface area contributed by atoms with Crippen LogP contribution in [0.15, 0.2) is 18.2 Å². The predicted molar refractivity (Wildman–Crippen MR) is 61.0 cm³/mol. The number of aryl methyl sites for hydroxylation is 1. The summed E-state index contributed by atoms with van der Waals surface area (Å²) in [6, 6.07) is 4.47. The summed E-state index contributed by atoms with van der Waals surface area (Å²) < 4.78 is 18.0. The Bertz CT molecular complexity index is 361. The molecule has 1 aromatic rings. The molecule has 16 heavy (non-hydrogen) atoms. The molecule has 3 heteroatoms. The molecule has 0 saturated carbocycles. The van der Waals surface area contributed by atoms with Gasteiger partial charge in [-0.1, -0.05) is 13.0 Å². The molecule has 2 nitrogen and oxygen atoms in total. The van der Waals surface area contributed by atoms with Gasteiger partial charge in [0, 0.05) is 13.0 Å². The van der Waals surface area contributed by atoms with E-state index in [0.29, 0.717) is 13.0 Å². The topological polar surface area (TPSA) is 26.3 Å². The van der Waals surface area contributed by atoms with E-state index in [1.54, 1.807) is 13.0 Å². The van der Waals surface area contributed by atoms with Gasteiger partial charge in [-0.15, -0.1) is 0 Å². The molecule has 1 aromatic carbocycles. The summed E-state index contributed by atoms with van der Waals surface area (Å²) in [5, 5.41) is 0. The first-order valence-electron chi connectivity index (χ1n) is 5.48. The highest BCUT2D eigenvalue weighted by Gasteiger charge is 2.06. The number of Topliss-reactive ketones (excluding diaryl/α,β-unsaturated/α-hetero) is 1. The first-order chi connectivity index (χ1) is 7.63. The normalized spacial score (nSPS) is 10.4. The van der Waals surface area contributed by atoms with Crippen LogP contribution in [0, 0.1) is 12.7 Å². The van der Waals surface area contributed by atoms with Gasteiger partial charge in [0.2, 0.25) is 0 Å². The van der Waals surface area contributed by atoms with E-state index in [9.17, 15) is 9.18 Å². The lowest BCUT2D eigenvalue weighted by molar-refractivity contribution is -0.122. The zero-order valence-corrected chi connectivity index (χ0v) is 9.75. The molecule has 0 unspecified atom stereocenters. The van der Waals surface area contributed by atoms with E-state index in [2.05, 4.69) is 0 Å². The van der Waals surface area contributed by atoms with Gasteiger partial charge in [-0.05, 0) is 36.6 Å². The maximum Gasteiger partial charge on any atom is 0.162 e. The lowest BCUT2D eigenvalue weighted by Gasteiger charge is -2.05. The molecule has 0 N–H and O–H groups in total. The zero-order valence-electron chi connectivity index (χ0n) is 9.75. The molecule has 0 aliphatic rings. The van der Waals surface area contributed by atoms with Crippen molar-refractivity contribution in [3.63, 3.8) is 0 Å². The number of rotatable bonds is 6. The van der Waals surface area contributed by atoms with E-state index in [1.165, 1.54) is 12.1 Å². The average Bonchev–Trinajstić information content (AvgIpc) is 2.23. The molecule has 1 rings (SSSR count). The number of ether oxygens (including phenoxy) is 1. The van der Waals surface area contributed by atoms with Crippen LogP contribution in [0.3, 0.4) is 0 Å². The second-order valence-corrected chi connectivity index (χ2v) is 3.84. The van der Waals surface area contributed by atoms with Gasteiger partial charge in [-0.2, -0.15) is 0 Å². The number of halogens is 1. The van der Waals surface area contributed by atoms with Crippen LogP contribution >= 0.6 is 0 Å². The standard InChI is InChI=1S/C13H17FO2/c1-3-6-16-9-13(15)8-11-4-5-12(14)7-10(11)2/h4-5,7H,3,6,8-9H2,1-2H3. The van der Waals surface area contributed by atoms with Crippen LogP contribution in [0.4, 0.5) is 4.39 Å². The molecule has 0 bridgehead atoms. The molecule has 0 amide bonds. The van der Waals surface area contributed by atoms with Crippen molar-refractivity contribution in [3.05, 3.63) is 35.1 Å². The SMILES string of the molecule is CCCOCC(=O)Cc1ccc(F)cc1C. The van der Waals surface area contributed by atoms with Crippen molar-refractivity contribution < 1.29 is 13.9 Å². The van der Waals surface area contributed by atoms with Gasteiger partial charge in [0.25, 0.3) is 0 Å². The minimum Gasteiger partial charge on any atom is -0.374 e. The molecule has 0 aromatic heterocycles. The summed E-state index contributed by atoms with van der Waals surface area (Å²) in [6.07, 6.45) is 1.22. The first-order valence-corrected chi connectivity index (χ1v) is 5.48. The Balaban J connectivity index is 2.49. The molecule has 0 radical (unpaired) electrons. The number of carbonyl (C=O) groups excluding carboxylic acids is 1. The second-order valence-electron chi connectivity index (χ2n) is 3.84. The van der Waals surface area contributed by atoms with Crippen LogP contribution in [0.2, 0.25) is 0 Å². The fourth-order valence-corrected chi connectivity index (χ4v) is 1.45. The Hall–Kier alpha value is -1.22. The van der Waals surface area contributed by atoms with Crippen molar-refractivity contribution in [3.8, 4) is 0 Å². The fourth-order valence-electron chi connectivity index (χ4n) is 1.45. The van der Waals surface area contributed by atoms with Crippen LogP contribution in [0.1, 0.15) is 24.5 Å². The third kappa shape index (κ3) is 4.11. The van der Waals surface area contributed by atoms with E-state index in [0.717, 1.165) is 17.5 Å². The van der Waals surface area contributed by atoms with Gasteiger partial charge in [0.05, 0.1) is 0 Å². The van der Waals surface area contributed by atoms with Crippen molar-refractivity contribution in [1.29, 1.82) is 0 Å². The summed E-state index contributed by atoms with van der Waals surface area (Å²) in [5.41, 5.74) is 1.68. The first kappa shape index (κ1) is 12.8. The highest BCUT2D eigenvalue weighted by Crippen LogP contribution is 2.11. The highest BCUT2D eigenvalue weighted by atomic mass is 19.1. The summed E-state index contributed by atoms with van der Waals surface area (Å²) >= 11 is 0. The lowest BCUT2D eigenvalue weighted by Crippen LogP contribution is -2.12. The number of ketones is 1. The Morgan fingerprint density at radius 2 is 2.19 bits per heavy atom. The molecule has 0 fully saturated rings. The second kappa shape index (κ2) is 6.38. The molecule has 0 atom stereocenters. The minimum absolute atomic E-state index is 0.0307. The van der Waals surface area contributed by atoms with Gasteiger partial charge in [-0.25, -0.2) is 4.39 Å². The van der Waals surface area contributed by atoms with Crippen LogP contribution in [-0.2, 0) is 16.0 Å². The zero-order chi connectivity index (χ0) is 12.0. The number of hydrogen-bond acceptors (Lipinski definition) is 2. The lowest BCUT2D eigenvalue weighted by atomic mass is 10.0. The van der Waals surface area contributed by atoms with Crippen LogP contribution in [0.25, 0.3) is 0 Å². The Labute approximate surface area is 95.4 Å². The summed E-state index contributed by atoms with van der Waals surface area (Å²) in [4.78, 5) is 11.5. The third-order valence-corrected chi connectivity index (χ3v) is 2.30. The summed E-state index contributed by atoms with van der Waals surface area (Å²) in [6.45, 7) is 4.55. The van der Waals surface area contributed by atoms with E-state index in [4.69, 9.17) is 4.74 Å². The molecule has 0 saturated heterocycles. The quantitative estimate of drug-likeness (QED) is 0.694. The number of carbonyl (C=O) groups is 1. The Morgan fingerprint density at radius 1 is 1.44 bits per heavy atom. The summed E-state index contributed by atoms with van der Waals surface area (Å²) in [7, 11) is 0. The van der Waals surface area contributed by atoms with Gasteiger partial charge in [0.15, 0.2) is 5.78 Å². The minimum atomic E-state index is -0.268. The number of benzene rings is 1. The van der Waals surface area contributed by atoms with E-state index in [-0.39, 0.29) is 18.2 Å². The molecule has 0 heterocycles. The van der Waals surface area contributed by atoms with Crippen molar-refractivity contribution in [2.45, 2.75) is 26.7 Å². The fraction of sp³-hybridized carbons (Fsp3) is 0.462. The molecular formula is C13H17FO2. The molecule has 88 valence electrons. The molecular weight excluding hydrogens is 207 g/mol. The van der Waals surface area contributed by atoms with Crippen LogP contribution < -0.4 is 0 Å². The largest absolute Gasteiger partial charge is 0.374 e. The van der Waals surface area contributed by atoms with Gasteiger partial charge >= 0.3 is 0 Å². The van der Waals surface area contributed by atoms with Crippen LogP contribution in [0.5, 0.6) is 0 Å². The van der Waals surface area contributed by atoms with Gasteiger partial charge in [-0.3, -0.25) is 4.79 Å². The maximum atomic E-state index is 12.8. The van der Waals surface area contributed by atoms with Crippen molar-refractivity contribution >= 4 is 5.78 Å². The predicted octanol–water partition coefficient (Wildman–Crippen LogP) is 2.67. The Morgan fingerprint density at radius 3 is 2.81 bits per heavy atom. The maximum absolute atomic E-state index is 12.8. The summed E-state index contributed by atoms with van der Waals surface area (Å²) in [5.74, 6) is -0.237. The smallest absolute Gasteiger partial charge is 0.162 e. The van der Waals surface area contributed by atoms with E-state index >= 15 is 0 Å². The van der Waals surface area contributed by atoms with Crippen molar-refractivity contribution in [2.75, 3.05) is 13.2 Å². The van der Waals surface area contributed by atoms with Crippen LogP contribution in [-0.4, -0.2) is 19.0 Å². The monoisotopic (exact) mass is 224 g/mol. The van der Waals surface area contributed by atoms with Crippen molar-refractivity contribution in [1.82, 2.24) is 0 Å².